The number of ether oxygens (including phenoxy) is 2. The number of imidazole rings is 1. The number of hydrogen-bond donors (Lipinski definition) is 0. The van der Waals surface area contributed by atoms with Crippen molar-refractivity contribution in [3.05, 3.63) is 36.0 Å². The van der Waals surface area contributed by atoms with Crippen LogP contribution in [0.3, 0.4) is 0 Å². The summed E-state index contributed by atoms with van der Waals surface area (Å²) in [6, 6.07) is 2.92. The van der Waals surface area contributed by atoms with Gasteiger partial charge in [-0.3, -0.25) is 4.98 Å². The van der Waals surface area contributed by atoms with Gasteiger partial charge in [0.2, 0.25) is 0 Å². The molecule has 2 aromatic rings. The minimum absolute atomic E-state index is 0.395. The Morgan fingerprint density at radius 2 is 2.00 bits per heavy atom. The third-order valence-electron chi connectivity index (χ3n) is 4.36. The Bertz CT molecular complexity index is 753. The van der Waals surface area contributed by atoms with Crippen molar-refractivity contribution in [2.75, 3.05) is 13.7 Å². The molecule has 7 heteroatoms. The van der Waals surface area contributed by atoms with E-state index in [0.29, 0.717) is 12.3 Å². The molecule has 2 rings (SSSR count). The third kappa shape index (κ3) is 6.29. The van der Waals surface area contributed by atoms with Crippen LogP contribution in [0, 0.1) is 0 Å². The smallest absolute Gasteiger partial charge is 0.339 e. The maximum absolute atomic E-state index is 11.8. The van der Waals surface area contributed by atoms with E-state index in [-0.39, 0.29) is 0 Å². The zero-order valence-electron chi connectivity index (χ0n) is 17.1. The Morgan fingerprint density at radius 1 is 1.22 bits per heavy atom. The van der Waals surface area contributed by atoms with Gasteiger partial charge in [0.05, 0.1) is 24.6 Å². The fourth-order valence-corrected chi connectivity index (χ4v) is 3.42. The third-order valence-corrected chi connectivity index (χ3v) is 6.07. The zero-order chi connectivity index (χ0) is 19.9. The van der Waals surface area contributed by atoms with E-state index in [1.807, 2.05) is 6.20 Å². The molecular weight excluding hydrogens is 358 g/mol. The first-order valence-electron chi connectivity index (χ1n) is 9.51. The van der Waals surface area contributed by atoms with Crippen molar-refractivity contribution in [2.45, 2.75) is 58.6 Å². The molecule has 0 atom stereocenters. The summed E-state index contributed by atoms with van der Waals surface area (Å²) in [6.45, 7) is 10.4. The number of aryl methyl sites for hydroxylation is 1. The van der Waals surface area contributed by atoms with Crippen LogP contribution < -0.4 is 0 Å². The SMILES string of the molecule is CCCCc1ncc(-c2cncc(C(=O)OC)c2)n1COCC[Si](C)(C)C. The van der Waals surface area contributed by atoms with Crippen molar-refractivity contribution < 1.29 is 14.3 Å². The number of nitrogens with zero attached hydrogens (tertiary/aromatic N) is 3. The number of carbonyl (C=O) groups is 1. The van der Waals surface area contributed by atoms with Gasteiger partial charge in [-0.2, -0.15) is 0 Å². The van der Waals surface area contributed by atoms with Gasteiger partial charge in [-0.1, -0.05) is 33.0 Å². The Labute approximate surface area is 162 Å². The molecule has 0 spiro atoms. The summed E-state index contributed by atoms with van der Waals surface area (Å²) in [5.41, 5.74) is 2.17. The predicted octanol–water partition coefficient (Wildman–Crippen LogP) is 4.39. The molecule has 0 aliphatic rings. The molecule has 148 valence electrons. The van der Waals surface area contributed by atoms with Crippen molar-refractivity contribution in [1.82, 2.24) is 14.5 Å². The lowest BCUT2D eigenvalue weighted by atomic mass is 10.1. The number of unbranched alkanes of at least 4 members (excludes halogenated alkanes) is 1. The number of aromatic nitrogens is 3. The second-order valence-corrected chi connectivity index (χ2v) is 13.5. The van der Waals surface area contributed by atoms with E-state index in [2.05, 4.69) is 41.1 Å². The fourth-order valence-electron chi connectivity index (χ4n) is 2.67. The van der Waals surface area contributed by atoms with Crippen molar-refractivity contribution in [3.63, 3.8) is 0 Å². The molecule has 0 radical (unpaired) electrons. The highest BCUT2D eigenvalue weighted by Crippen LogP contribution is 2.23. The molecule has 0 saturated carbocycles. The van der Waals surface area contributed by atoms with Gasteiger partial charge >= 0.3 is 5.97 Å². The molecule has 0 aliphatic heterocycles. The van der Waals surface area contributed by atoms with Crippen LogP contribution in [0.25, 0.3) is 11.3 Å². The molecule has 6 nitrogen and oxygen atoms in total. The van der Waals surface area contributed by atoms with Crippen LogP contribution in [0.1, 0.15) is 35.9 Å². The Morgan fingerprint density at radius 3 is 2.67 bits per heavy atom. The molecule has 0 N–H and O–H groups in total. The van der Waals surface area contributed by atoms with Gasteiger partial charge < -0.3 is 14.0 Å². The van der Waals surface area contributed by atoms with Crippen molar-refractivity contribution >= 4 is 14.0 Å². The second kappa shape index (κ2) is 9.80. The molecule has 0 amide bonds. The van der Waals surface area contributed by atoms with Crippen LogP contribution in [0.2, 0.25) is 25.7 Å². The van der Waals surface area contributed by atoms with Crippen LogP contribution in [0.15, 0.2) is 24.7 Å². The molecule has 2 heterocycles. The topological polar surface area (TPSA) is 66.2 Å². The molecule has 27 heavy (non-hydrogen) atoms. The number of methoxy groups -OCH3 is 1. The van der Waals surface area contributed by atoms with Gasteiger partial charge in [-0.15, -0.1) is 0 Å². The molecule has 0 fully saturated rings. The summed E-state index contributed by atoms with van der Waals surface area (Å²) < 4.78 is 12.9. The lowest BCUT2D eigenvalue weighted by molar-refractivity contribution is 0.0600. The zero-order valence-corrected chi connectivity index (χ0v) is 18.1. The van der Waals surface area contributed by atoms with E-state index in [0.717, 1.165) is 49.0 Å². The summed E-state index contributed by atoms with van der Waals surface area (Å²) in [5, 5.41) is 0. The molecule has 0 bridgehead atoms. The minimum Gasteiger partial charge on any atom is -0.465 e. The van der Waals surface area contributed by atoms with E-state index in [4.69, 9.17) is 9.47 Å². The van der Waals surface area contributed by atoms with Crippen LogP contribution >= 0.6 is 0 Å². The van der Waals surface area contributed by atoms with E-state index < -0.39 is 14.0 Å². The highest BCUT2D eigenvalue weighted by Gasteiger charge is 2.16. The van der Waals surface area contributed by atoms with Crippen molar-refractivity contribution in [2.24, 2.45) is 0 Å². The normalized spacial score (nSPS) is 11.6. The average Bonchev–Trinajstić information content (AvgIpc) is 3.05. The van der Waals surface area contributed by atoms with E-state index in [9.17, 15) is 4.79 Å². The van der Waals surface area contributed by atoms with Gasteiger partial charge in [0.15, 0.2) is 0 Å². The molecular formula is C20H31N3O3Si. The van der Waals surface area contributed by atoms with E-state index in [1.165, 1.54) is 13.3 Å². The summed E-state index contributed by atoms with van der Waals surface area (Å²) >= 11 is 0. The van der Waals surface area contributed by atoms with Gasteiger partial charge in [0.1, 0.15) is 12.6 Å². The maximum atomic E-state index is 11.8. The molecule has 0 unspecified atom stereocenters. The molecule has 0 saturated heterocycles. The Hall–Kier alpha value is -1.99. The molecule has 0 aromatic carbocycles. The summed E-state index contributed by atoms with van der Waals surface area (Å²) in [5.74, 6) is 0.608. The Kier molecular flexibility index (Phi) is 7.74. The largest absolute Gasteiger partial charge is 0.465 e. The average molecular weight is 390 g/mol. The first-order chi connectivity index (χ1) is 12.9. The number of rotatable bonds is 10. The lowest BCUT2D eigenvalue weighted by Gasteiger charge is -2.17. The monoisotopic (exact) mass is 389 g/mol. The van der Waals surface area contributed by atoms with Gasteiger partial charge in [-0.05, 0) is 18.5 Å². The Balaban J connectivity index is 2.25. The van der Waals surface area contributed by atoms with Gasteiger partial charge in [0, 0.05) is 39.1 Å². The standard InChI is InChI=1S/C20H31N3O3Si/c1-6-7-8-19-22-14-18(23(19)15-26-9-10-27(3,4)5)16-11-17(13-21-12-16)20(24)25-2/h11-14H,6-10,15H2,1-5H3. The quantitative estimate of drug-likeness (QED) is 0.342. The van der Waals surface area contributed by atoms with Gasteiger partial charge in [-0.25, -0.2) is 9.78 Å². The summed E-state index contributed by atoms with van der Waals surface area (Å²) in [7, 11) is 0.243. The number of pyridine rings is 1. The number of hydrogen-bond acceptors (Lipinski definition) is 5. The van der Waals surface area contributed by atoms with Crippen molar-refractivity contribution in [3.8, 4) is 11.3 Å². The first kappa shape index (κ1) is 21.3. The second-order valence-electron chi connectivity index (χ2n) is 7.89. The highest BCUT2D eigenvalue weighted by atomic mass is 28.3. The first-order valence-corrected chi connectivity index (χ1v) is 13.2. The highest BCUT2D eigenvalue weighted by molar-refractivity contribution is 6.76. The van der Waals surface area contributed by atoms with Gasteiger partial charge in [0.25, 0.3) is 0 Å². The van der Waals surface area contributed by atoms with Crippen LogP contribution in [0.5, 0.6) is 0 Å². The summed E-state index contributed by atoms with van der Waals surface area (Å²) in [4.78, 5) is 20.6. The fraction of sp³-hybridized carbons (Fsp3) is 0.550. The van der Waals surface area contributed by atoms with Crippen LogP contribution in [-0.2, 0) is 22.6 Å². The number of carbonyl (C=O) groups excluding carboxylic acids is 1. The summed E-state index contributed by atoms with van der Waals surface area (Å²) in [6.07, 6.45) is 8.18. The number of esters is 1. The van der Waals surface area contributed by atoms with E-state index >= 15 is 0 Å². The van der Waals surface area contributed by atoms with Crippen LogP contribution in [0.4, 0.5) is 0 Å². The van der Waals surface area contributed by atoms with Crippen LogP contribution in [-0.4, -0.2) is 42.3 Å². The minimum atomic E-state index is -1.13. The molecule has 0 aliphatic carbocycles. The van der Waals surface area contributed by atoms with E-state index in [1.54, 1.807) is 12.3 Å². The molecule has 2 aromatic heterocycles. The maximum Gasteiger partial charge on any atom is 0.339 e. The predicted molar refractivity (Wildman–Crippen MR) is 110 cm³/mol. The lowest BCUT2D eigenvalue weighted by Crippen LogP contribution is -2.22. The van der Waals surface area contributed by atoms with Crippen molar-refractivity contribution in [1.29, 1.82) is 0 Å².